The van der Waals surface area contributed by atoms with Crippen LogP contribution in [0.15, 0.2) is 16.7 Å². The van der Waals surface area contributed by atoms with Crippen LogP contribution < -0.4 is 5.32 Å². The van der Waals surface area contributed by atoms with Gasteiger partial charge in [-0.05, 0) is 26.7 Å². The number of hydrogen-bond donors (Lipinski definition) is 1. The molecule has 1 amide bonds. The summed E-state index contributed by atoms with van der Waals surface area (Å²) < 4.78 is 5.01. The Morgan fingerprint density at radius 1 is 1.36 bits per heavy atom. The molecule has 0 aliphatic carbocycles. The Bertz CT molecular complexity index is 697. The van der Waals surface area contributed by atoms with Crippen molar-refractivity contribution in [2.75, 3.05) is 18.9 Å². The molecule has 2 aromatic heterocycles. The second kappa shape index (κ2) is 5.75. The van der Waals surface area contributed by atoms with Crippen LogP contribution in [-0.2, 0) is 0 Å². The first kappa shape index (κ1) is 14.5. The predicted molar refractivity (Wildman–Crippen MR) is 80.6 cm³/mol. The van der Waals surface area contributed by atoms with Gasteiger partial charge in [0.05, 0.1) is 11.7 Å². The fraction of sp³-hybridized carbons (Fsp3) is 0.467. The zero-order chi connectivity index (χ0) is 15.7. The molecule has 0 aromatic carbocycles. The lowest BCUT2D eigenvalue weighted by Gasteiger charge is -2.23. The second-order valence-electron chi connectivity index (χ2n) is 5.45. The van der Waals surface area contributed by atoms with Gasteiger partial charge in [-0.2, -0.15) is 0 Å². The first-order valence-corrected chi connectivity index (χ1v) is 7.36. The Morgan fingerprint density at radius 2 is 2.18 bits per heavy atom. The summed E-state index contributed by atoms with van der Waals surface area (Å²) in [5.41, 5.74) is 1.21. The van der Waals surface area contributed by atoms with E-state index < -0.39 is 0 Å². The van der Waals surface area contributed by atoms with Crippen molar-refractivity contribution in [1.82, 2.24) is 20.0 Å². The van der Waals surface area contributed by atoms with Crippen molar-refractivity contribution in [2.24, 2.45) is 0 Å². The average molecular weight is 301 g/mol. The maximum atomic E-state index is 12.6. The minimum atomic E-state index is -0.110. The van der Waals surface area contributed by atoms with Crippen molar-refractivity contribution in [1.29, 1.82) is 0 Å². The summed E-state index contributed by atoms with van der Waals surface area (Å²) >= 11 is 0. The molecule has 0 bridgehead atoms. The summed E-state index contributed by atoms with van der Waals surface area (Å²) in [6.07, 6.45) is 1.84. The Kier molecular flexibility index (Phi) is 3.79. The number of aryl methyl sites for hydroxylation is 2. The number of aromatic nitrogens is 3. The van der Waals surface area contributed by atoms with Gasteiger partial charge in [0.15, 0.2) is 5.69 Å². The van der Waals surface area contributed by atoms with Crippen molar-refractivity contribution < 1.29 is 9.32 Å². The molecule has 1 N–H and O–H groups in total. The lowest BCUT2D eigenvalue weighted by Crippen LogP contribution is -2.31. The van der Waals surface area contributed by atoms with E-state index in [1.165, 1.54) is 0 Å². The first-order valence-electron chi connectivity index (χ1n) is 7.36. The number of anilines is 1. The van der Waals surface area contributed by atoms with Crippen LogP contribution in [0.25, 0.3) is 0 Å². The van der Waals surface area contributed by atoms with Crippen molar-refractivity contribution in [2.45, 2.75) is 32.7 Å². The molecule has 116 valence electrons. The Labute approximate surface area is 128 Å². The molecule has 7 nitrogen and oxygen atoms in total. The normalized spacial score (nSPS) is 17.8. The van der Waals surface area contributed by atoms with Gasteiger partial charge >= 0.3 is 0 Å². The van der Waals surface area contributed by atoms with Crippen molar-refractivity contribution >= 4 is 11.7 Å². The van der Waals surface area contributed by atoms with E-state index in [1.54, 1.807) is 13.0 Å². The third kappa shape index (κ3) is 2.66. The molecule has 3 rings (SSSR count). The molecule has 0 saturated carbocycles. The molecule has 2 aromatic rings. The van der Waals surface area contributed by atoms with Gasteiger partial charge in [-0.3, -0.25) is 4.79 Å². The maximum absolute atomic E-state index is 12.6. The molecular weight excluding hydrogens is 282 g/mol. The van der Waals surface area contributed by atoms with Gasteiger partial charge in [-0.1, -0.05) is 5.16 Å². The van der Waals surface area contributed by atoms with Crippen LogP contribution in [0, 0.1) is 13.8 Å². The highest BCUT2D eigenvalue weighted by Gasteiger charge is 2.33. The third-order valence-electron chi connectivity index (χ3n) is 3.82. The van der Waals surface area contributed by atoms with Gasteiger partial charge in [-0.15, -0.1) is 0 Å². The molecule has 1 unspecified atom stereocenters. The summed E-state index contributed by atoms with van der Waals surface area (Å²) in [7, 11) is 1.82. The SMILES string of the molecule is CNc1cc(C2CCCN2C(=O)c2cc(C)on2)nc(C)n1. The van der Waals surface area contributed by atoms with E-state index >= 15 is 0 Å². The van der Waals surface area contributed by atoms with Crippen LogP contribution in [0.5, 0.6) is 0 Å². The third-order valence-corrected chi connectivity index (χ3v) is 3.82. The Hall–Kier alpha value is -2.44. The zero-order valence-corrected chi connectivity index (χ0v) is 13.0. The Morgan fingerprint density at radius 3 is 2.86 bits per heavy atom. The topological polar surface area (TPSA) is 84.2 Å². The molecule has 0 radical (unpaired) electrons. The van der Waals surface area contributed by atoms with E-state index in [2.05, 4.69) is 20.4 Å². The van der Waals surface area contributed by atoms with Crippen LogP contribution >= 0.6 is 0 Å². The summed E-state index contributed by atoms with van der Waals surface area (Å²) in [6.45, 7) is 4.33. The molecule has 7 heteroatoms. The molecule has 22 heavy (non-hydrogen) atoms. The van der Waals surface area contributed by atoms with Crippen LogP contribution in [0.2, 0.25) is 0 Å². The lowest BCUT2D eigenvalue weighted by atomic mass is 10.1. The highest BCUT2D eigenvalue weighted by Crippen LogP contribution is 2.32. The number of rotatable bonds is 3. The highest BCUT2D eigenvalue weighted by molar-refractivity contribution is 5.92. The highest BCUT2D eigenvalue weighted by atomic mass is 16.5. The van der Waals surface area contributed by atoms with E-state index in [1.807, 2.05) is 24.9 Å². The molecule has 1 aliphatic heterocycles. The van der Waals surface area contributed by atoms with E-state index in [4.69, 9.17) is 4.52 Å². The number of amides is 1. The van der Waals surface area contributed by atoms with E-state index in [0.29, 0.717) is 23.8 Å². The number of carbonyl (C=O) groups is 1. The number of nitrogens with one attached hydrogen (secondary N) is 1. The smallest absolute Gasteiger partial charge is 0.276 e. The molecule has 1 aliphatic rings. The summed E-state index contributed by atoms with van der Waals surface area (Å²) in [6, 6.07) is 3.53. The van der Waals surface area contributed by atoms with Gasteiger partial charge in [-0.25, -0.2) is 9.97 Å². The van der Waals surface area contributed by atoms with Crippen LogP contribution in [0.1, 0.15) is 46.7 Å². The molecular formula is C15H19N5O2. The number of nitrogens with zero attached hydrogens (tertiary/aromatic N) is 4. The number of carbonyl (C=O) groups excluding carboxylic acids is 1. The van der Waals surface area contributed by atoms with Crippen LogP contribution in [-0.4, -0.2) is 39.5 Å². The van der Waals surface area contributed by atoms with Crippen LogP contribution in [0.3, 0.4) is 0 Å². The molecule has 1 atom stereocenters. The molecule has 0 spiro atoms. The van der Waals surface area contributed by atoms with E-state index in [9.17, 15) is 4.79 Å². The van der Waals surface area contributed by atoms with Gasteiger partial charge in [0.1, 0.15) is 17.4 Å². The first-order chi connectivity index (χ1) is 10.6. The van der Waals surface area contributed by atoms with Crippen molar-refractivity contribution in [3.63, 3.8) is 0 Å². The second-order valence-corrected chi connectivity index (χ2v) is 5.45. The minimum Gasteiger partial charge on any atom is -0.373 e. The Balaban J connectivity index is 1.90. The standard InChI is InChI=1S/C15H19N5O2/c1-9-7-12(19-22-9)15(21)20-6-4-5-13(20)11-8-14(16-3)18-10(2)17-11/h7-8,13H,4-6H2,1-3H3,(H,16,17,18). The molecule has 1 saturated heterocycles. The summed E-state index contributed by atoms with van der Waals surface area (Å²) in [5.74, 6) is 1.98. The largest absolute Gasteiger partial charge is 0.373 e. The fourth-order valence-corrected chi connectivity index (χ4v) is 2.82. The molecule has 1 fully saturated rings. The van der Waals surface area contributed by atoms with E-state index in [0.717, 1.165) is 24.4 Å². The summed E-state index contributed by atoms with van der Waals surface area (Å²) in [5, 5.41) is 6.86. The van der Waals surface area contributed by atoms with Crippen molar-refractivity contribution in [3.05, 3.63) is 35.1 Å². The van der Waals surface area contributed by atoms with Gasteiger partial charge < -0.3 is 14.7 Å². The zero-order valence-electron chi connectivity index (χ0n) is 13.0. The maximum Gasteiger partial charge on any atom is 0.276 e. The quantitative estimate of drug-likeness (QED) is 0.934. The van der Waals surface area contributed by atoms with Gasteiger partial charge in [0.2, 0.25) is 0 Å². The minimum absolute atomic E-state index is 0.0432. The summed E-state index contributed by atoms with van der Waals surface area (Å²) in [4.78, 5) is 23.3. The molecule has 3 heterocycles. The van der Waals surface area contributed by atoms with Crippen LogP contribution in [0.4, 0.5) is 5.82 Å². The fourth-order valence-electron chi connectivity index (χ4n) is 2.82. The van der Waals surface area contributed by atoms with E-state index in [-0.39, 0.29) is 11.9 Å². The number of likely N-dealkylation sites (tertiary alicyclic amines) is 1. The predicted octanol–water partition coefficient (Wildman–Crippen LogP) is 2.10. The number of hydrogen-bond acceptors (Lipinski definition) is 6. The lowest BCUT2D eigenvalue weighted by molar-refractivity contribution is 0.0722. The monoisotopic (exact) mass is 301 g/mol. The van der Waals surface area contributed by atoms with Crippen molar-refractivity contribution in [3.8, 4) is 0 Å². The average Bonchev–Trinajstić information content (AvgIpc) is 3.14. The van der Waals surface area contributed by atoms with Gasteiger partial charge in [0.25, 0.3) is 5.91 Å². The van der Waals surface area contributed by atoms with Gasteiger partial charge in [0, 0.05) is 25.7 Å².